The maximum atomic E-state index is 5.94. The second-order valence-corrected chi connectivity index (χ2v) is 6.66. The van der Waals surface area contributed by atoms with Crippen molar-refractivity contribution in [2.75, 3.05) is 5.73 Å². The molecule has 0 bridgehead atoms. The molecular formula is C23H17N5. The van der Waals surface area contributed by atoms with Gasteiger partial charge in [-0.1, -0.05) is 54.6 Å². The van der Waals surface area contributed by atoms with Crippen molar-refractivity contribution in [2.24, 2.45) is 0 Å². The van der Waals surface area contributed by atoms with Crippen molar-refractivity contribution in [3.05, 3.63) is 90.4 Å². The van der Waals surface area contributed by atoms with E-state index in [9.17, 15) is 0 Å². The summed E-state index contributed by atoms with van der Waals surface area (Å²) in [6.45, 7) is 0. The number of pyridine rings is 2. The van der Waals surface area contributed by atoms with Crippen molar-refractivity contribution in [1.82, 2.24) is 19.9 Å². The Morgan fingerprint density at radius 2 is 1.57 bits per heavy atom. The van der Waals surface area contributed by atoms with Gasteiger partial charge in [-0.25, -0.2) is 15.0 Å². The molecule has 0 atom stereocenters. The summed E-state index contributed by atoms with van der Waals surface area (Å²) < 4.78 is 0. The highest BCUT2D eigenvalue weighted by Crippen LogP contribution is 2.28. The lowest BCUT2D eigenvalue weighted by atomic mass is 10.0. The molecule has 0 aliphatic carbocycles. The van der Waals surface area contributed by atoms with Crippen LogP contribution >= 0.6 is 0 Å². The fourth-order valence-electron chi connectivity index (χ4n) is 3.48. The van der Waals surface area contributed by atoms with Crippen LogP contribution < -0.4 is 5.73 Å². The van der Waals surface area contributed by atoms with E-state index in [0.717, 1.165) is 44.3 Å². The van der Waals surface area contributed by atoms with E-state index in [1.165, 1.54) is 0 Å². The number of nitrogens with two attached hydrogens (primary N) is 1. The first kappa shape index (κ1) is 16.3. The minimum Gasteiger partial charge on any atom is -0.368 e. The molecule has 28 heavy (non-hydrogen) atoms. The van der Waals surface area contributed by atoms with E-state index in [1.54, 1.807) is 0 Å². The SMILES string of the molecule is Nc1nc(Cc2ccccc2)c2nc(-c3cncc4ccccc34)ccc2n1. The van der Waals surface area contributed by atoms with E-state index in [2.05, 4.69) is 39.2 Å². The molecule has 134 valence electrons. The molecule has 5 heteroatoms. The fraction of sp³-hybridized carbons (Fsp3) is 0.0435. The van der Waals surface area contributed by atoms with Crippen LogP contribution in [0.4, 0.5) is 5.95 Å². The molecular weight excluding hydrogens is 346 g/mol. The van der Waals surface area contributed by atoms with Crippen LogP contribution in [0.25, 0.3) is 33.1 Å². The average Bonchev–Trinajstić information content (AvgIpc) is 2.74. The normalized spacial score (nSPS) is 11.1. The molecule has 5 nitrogen and oxygen atoms in total. The molecule has 0 saturated carbocycles. The third kappa shape index (κ3) is 2.93. The van der Waals surface area contributed by atoms with Crippen molar-refractivity contribution in [3.63, 3.8) is 0 Å². The van der Waals surface area contributed by atoms with Gasteiger partial charge >= 0.3 is 0 Å². The largest absolute Gasteiger partial charge is 0.368 e. The Morgan fingerprint density at radius 3 is 2.46 bits per heavy atom. The summed E-state index contributed by atoms with van der Waals surface area (Å²) in [7, 11) is 0. The maximum Gasteiger partial charge on any atom is 0.220 e. The summed E-state index contributed by atoms with van der Waals surface area (Å²) in [5, 5.41) is 2.20. The van der Waals surface area contributed by atoms with Gasteiger partial charge in [0.05, 0.1) is 16.9 Å². The molecule has 3 heterocycles. The summed E-state index contributed by atoms with van der Waals surface area (Å²) >= 11 is 0. The standard InChI is InChI=1S/C23H17N5/c24-23-27-20-11-10-19(18-14-25-13-16-8-4-5-9-17(16)18)26-22(20)21(28-23)12-15-6-2-1-3-7-15/h1-11,13-14H,12H2,(H2,24,27,28). The van der Waals surface area contributed by atoms with Crippen LogP contribution in [-0.2, 0) is 6.42 Å². The number of nitrogens with zero attached hydrogens (tertiary/aromatic N) is 4. The molecule has 0 radical (unpaired) electrons. The van der Waals surface area contributed by atoms with Crippen molar-refractivity contribution in [2.45, 2.75) is 6.42 Å². The maximum absolute atomic E-state index is 5.94. The summed E-state index contributed by atoms with van der Waals surface area (Å²) in [5.74, 6) is 0.264. The second kappa shape index (κ2) is 6.70. The number of fused-ring (bicyclic) bond motifs is 2. The van der Waals surface area contributed by atoms with Crippen molar-refractivity contribution in [3.8, 4) is 11.3 Å². The average molecular weight is 363 g/mol. The van der Waals surface area contributed by atoms with E-state index >= 15 is 0 Å². The molecule has 0 spiro atoms. The minimum absolute atomic E-state index is 0.264. The van der Waals surface area contributed by atoms with Crippen LogP contribution in [0.5, 0.6) is 0 Å². The summed E-state index contributed by atoms with van der Waals surface area (Å²) in [6.07, 6.45) is 4.37. The van der Waals surface area contributed by atoms with Gasteiger partial charge < -0.3 is 5.73 Å². The monoisotopic (exact) mass is 363 g/mol. The zero-order valence-electron chi connectivity index (χ0n) is 15.1. The van der Waals surface area contributed by atoms with Crippen LogP contribution in [0, 0.1) is 0 Å². The van der Waals surface area contributed by atoms with Crippen LogP contribution in [-0.4, -0.2) is 19.9 Å². The van der Waals surface area contributed by atoms with Gasteiger partial charge in [0.25, 0.3) is 0 Å². The molecule has 0 amide bonds. The molecule has 2 aromatic carbocycles. The zero-order valence-corrected chi connectivity index (χ0v) is 15.1. The van der Waals surface area contributed by atoms with Crippen LogP contribution in [0.15, 0.2) is 79.1 Å². The lowest BCUT2D eigenvalue weighted by molar-refractivity contribution is 1.06. The number of hydrogen-bond donors (Lipinski definition) is 1. The highest BCUT2D eigenvalue weighted by atomic mass is 15.0. The van der Waals surface area contributed by atoms with Gasteiger partial charge in [0, 0.05) is 29.8 Å². The highest BCUT2D eigenvalue weighted by molar-refractivity contribution is 5.96. The van der Waals surface area contributed by atoms with Gasteiger partial charge in [0.1, 0.15) is 5.52 Å². The smallest absolute Gasteiger partial charge is 0.220 e. The first-order valence-corrected chi connectivity index (χ1v) is 9.08. The zero-order chi connectivity index (χ0) is 18.9. The fourth-order valence-corrected chi connectivity index (χ4v) is 3.48. The number of rotatable bonds is 3. The van der Waals surface area contributed by atoms with Gasteiger partial charge in [-0.15, -0.1) is 0 Å². The molecule has 0 aliphatic heterocycles. The second-order valence-electron chi connectivity index (χ2n) is 6.66. The van der Waals surface area contributed by atoms with E-state index in [4.69, 9.17) is 10.7 Å². The first-order valence-electron chi connectivity index (χ1n) is 9.08. The minimum atomic E-state index is 0.264. The van der Waals surface area contributed by atoms with Crippen molar-refractivity contribution >= 4 is 27.8 Å². The van der Waals surface area contributed by atoms with E-state index in [1.807, 2.05) is 54.9 Å². The first-order chi connectivity index (χ1) is 13.8. The Kier molecular flexibility index (Phi) is 3.91. The number of benzene rings is 2. The number of hydrogen-bond acceptors (Lipinski definition) is 5. The van der Waals surface area contributed by atoms with Crippen LogP contribution in [0.3, 0.4) is 0 Å². The predicted molar refractivity (Wildman–Crippen MR) is 112 cm³/mol. The quantitative estimate of drug-likeness (QED) is 0.514. The molecule has 3 aromatic heterocycles. The molecule has 2 N–H and O–H groups in total. The third-order valence-electron chi connectivity index (χ3n) is 4.79. The highest BCUT2D eigenvalue weighted by Gasteiger charge is 2.12. The molecule has 5 rings (SSSR count). The van der Waals surface area contributed by atoms with E-state index in [-0.39, 0.29) is 5.95 Å². The van der Waals surface area contributed by atoms with Gasteiger partial charge in [-0.3, -0.25) is 4.98 Å². The Labute approximate surface area is 161 Å². The number of aromatic nitrogens is 4. The lowest BCUT2D eigenvalue weighted by Crippen LogP contribution is -2.03. The predicted octanol–water partition coefficient (Wildman–Crippen LogP) is 4.41. The Morgan fingerprint density at radius 1 is 0.750 bits per heavy atom. The Balaban J connectivity index is 1.70. The van der Waals surface area contributed by atoms with E-state index < -0.39 is 0 Å². The topological polar surface area (TPSA) is 77.6 Å². The van der Waals surface area contributed by atoms with Crippen LogP contribution in [0.2, 0.25) is 0 Å². The van der Waals surface area contributed by atoms with Gasteiger partial charge in [-0.05, 0) is 23.1 Å². The van der Waals surface area contributed by atoms with Gasteiger partial charge in [0.2, 0.25) is 5.95 Å². The molecule has 0 saturated heterocycles. The third-order valence-corrected chi connectivity index (χ3v) is 4.79. The van der Waals surface area contributed by atoms with Crippen molar-refractivity contribution in [1.29, 1.82) is 0 Å². The number of anilines is 1. The molecule has 5 aromatic rings. The molecule has 0 fully saturated rings. The van der Waals surface area contributed by atoms with Gasteiger partial charge in [0.15, 0.2) is 0 Å². The Hall–Kier alpha value is -3.86. The van der Waals surface area contributed by atoms with Crippen molar-refractivity contribution < 1.29 is 0 Å². The molecule has 0 unspecified atom stereocenters. The van der Waals surface area contributed by atoms with E-state index in [0.29, 0.717) is 6.42 Å². The molecule has 0 aliphatic rings. The Bertz CT molecular complexity index is 1290. The summed E-state index contributed by atoms with van der Waals surface area (Å²) in [4.78, 5) is 18.1. The lowest BCUT2D eigenvalue weighted by Gasteiger charge is -2.10. The summed E-state index contributed by atoms with van der Waals surface area (Å²) in [6, 6.07) is 22.3. The summed E-state index contributed by atoms with van der Waals surface area (Å²) in [5.41, 5.74) is 11.3. The van der Waals surface area contributed by atoms with Crippen LogP contribution in [0.1, 0.15) is 11.3 Å². The number of nitrogen functional groups attached to an aromatic ring is 1. The van der Waals surface area contributed by atoms with Gasteiger partial charge in [-0.2, -0.15) is 0 Å².